The summed E-state index contributed by atoms with van der Waals surface area (Å²) < 4.78 is 25.9. The zero-order chi connectivity index (χ0) is 28.0. The van der Waals surface area contributed by atoms with E-state index in [1.807, 2.05) is 18.2 Å². The second kappa shape index (κ2) is 11.8. The first-order valence-electron chi connectivity index (χ1n) is 11.8. The van der Waals surface area contributed by atoms with Gasteiger partial charge in [-0.25, -0.2) is 19.2 Å². The highest BCUT2D eigenvalue weighted by Crippen LogP contribution is 2.33. The van der Waals surface area contributed by atoms with Crippen LogP contribution in [-0.2, 0) is 4.74 Å². The summed E-state index contributed by atoms with van der Waals surface area (Å²) in [5, 5.41) is 8.35. The summed E-state index contributed by atoms with van der Waals surface area (Å²) in [6.07, 6.45) is 2.07. The molecule has 0 fully saturated rings. The number of rotatable bonds is 7. The van der Waals surface area contributed by atoms with Gasteiger partial charge in [0.15, 0.2) is 17.3 Å². The van der Waals surface area contributed by atoms with E-state index in [0.717, 1.165) is 0 Å². The fraction of sp³-hybridized carbons (Fsp3) is 0.143. The molecule has 2 heterocycles. The summed E-state index contributed by atoms with van der Waals surface area (Å²) in [6, 6.07) is 17.7. The van der Waals surface area contributed by atoms with Crippen molar-refractivity contribution in [3.05, 3.63) is 95.5 Å². The molecule has 0 spiro atoms. The van der Waals surface area contributed by atoms with Crippen LogP contribution in [0.25, 0.3) is 0 Å². The van der Waals surface area contributed by atoms with Crippen LogP contribution in [0.5, 0.6) is 11.5 Å². The first-order valence-corrected chi connectivity index (χ1v) is 12.2. The van der Waals surface area contributed by atoms with Crippen molar-refractivity contribution in [3.63, 3.8) is 0 Å². The lowest BCUT2D eigenvalue weighted by Gasteiger charge is -2.19. The number of benzene rings is 2. The Kier molecular flexibility index (Phi) is 8.26. The lowest BCUT2D eigenvalue weighted by atomic mass is 10.2. The van der Waals surface area contributed by atoms with Crippen LogP contribution in [-0.4, -0.2) is 27.6 Å². The topological polar surface area (TPSA) is 114 Å². The van der Waals surface area contributed by atoms with Crippen LogP contribution in [0.15, 0.2) is 79.1 Å². The zero-order valence-corrected chi connectivity index (χ0v) is 22.0. The molecule has 0 saturated heterocycles. The molecule has 2 aromatic carbocycles. The molecular weight excluding hydrogens is 525 g/mol. The molecule has 39 heavy (non-hydrogen) atoms. The molecule has 11 heteroatoms. The Balaban J connectivity index is 1.48. The number of hydrogen-bond acceptors (Lipinski definition) is 7. The highest BCUT2D eigenvalue weighted by Gasteiger charge is 2.18. The Morgan fingerprint density at radius 1 is 0.897 bits per heavy atom. The van der Waals surface area contributed by atoms with Crippen LogP contribution in [0.3, 0.4) is 0 Å². The SMILES string of the molecule is CC(C)(C)OC(=O)Nc1cc(Oc2ccc(Nc3ncccc3C(=O)Nc3ccccc3)cc2F)c(Cl)cn1. The maximum atomic E-state index is 15.0. The minimum Gasteiger partial charge on any atom is -0.453 e. The van der Waals surface area contributed by atoms with Gasteiger partial charge in [-0.05, 0) is 57.2 Å². The van der Waals surface area contributed by atoms with E-state index < -0.39 is 17.5 Å². The molecule has 9 nitrogen and oxygen atoms in total. The fourth-order valence-electron chi connectivity index (χ4n) is 3.30. The number of para-hydroxylation sites is 1. The highest BCUT2D eigenvalue weighted by atomic mass is 35.5. The van der Waals surface area contributed by atoms with Crippen LogP contribution in [0.4, 0.5) is 32.2 Å². The van der Waals surface area contributed by atoms with E-state index in [0.29, 0.717) is 11.4 Å². The third-order valence-corrected chi connectivity index (χ3v) is 5.23. The van der Waals surface area contributed by atoms with Gasteiger partial charge in [0.05, 0.1) is 11.8 Å². The van der Waals surface area contributed by atoms with Crippen LogP contribution < -0.4 is 20.7 Å². The monoisotopic (exact) mass is 549 g/mol. The average molecular weight is 550 g/mol. The first kappa shape index (κ1) is 27.3. The van der Waals surface area contributed by atoms with E-state index in [2.05, 4.69) is 25.9 Å². The van der Waals surface area contributed by atoms with Gasteiger partial charge in [-0.15, -0.1) is 0 Å². The number of carbonyl (C=O) groups excluding carboxylic acids is 2. The Hall–Kier alpha value is -4.70. The first-order chi connectivity index (χ1) is 18.6. The molecule has 3 N–H and O–H groups in total. The number of hydrogen-bond donors (Lipinski definition) is 3. The normalized spacial score (nSPS) is 10.9. The van der Waals surface area contributed by atoms with E-state index >= 15 is 4.39 Å². The van der Waals surface area contributed by atoms with Crippen LogP contribution >= 0.6 is 11.6 Å². The molecule has 2 amide bonds. The molecule has 4 aromatic rings. The number of ether oxygens (including phenoxy) is 2. The molecule has 200 valence electrons. The van der Waals surface area contributed by atoms with Gasteiger partial charge in [-0.1, -0.05) is 29.8 Å². The highest BCUT2D eigenvalue weighted by molar-refractivity contribution is 6.32. The minimum absolute atomic E-state index is 0.0712. The van der Waals surface area contributed by atoms with Crippen molar-refractivity contribution in [2.24, 2.45) is 0 Å². The fourth-order valence-corrected chi connectivity index (χ4v) is 3.44. The molecule has 0 saturated carbocycles. The molecule has 0 aliphatic rings. The number of carbonyl (C=O) groups is 2. The van der Waals surface area contributed by atoms with E-state index in [1.54, 1.807) is 51.1 Å². The van der Waals surface area contributed by atoms with Gasteiger partial charge in [0.25, 0.3) is 5.91 Å². The van der Waals surface area contributed by atoms with E-state index in [4.69, 9.17) is 21.1 Å². The Bertz CT molecular complexity index is 1500. The summed E-state index contributed by atoms with van der Waals surface area (Å²) in [5.74, 6) is -0.782. The van der Waals surface area contributed by atoms with Gasteiger partial charge < -0.3 is 20.1 Å². The lowest BCUT2D eigenvalue weighted by Crippen LogP contribution is -2.27. The summed E-state index contributed by atoms with van der Waals surface area (Å²) in [7, 11) is 0. The van der Waals surface area contributed by atoms with Crippen molar-refractivity contribution in [1.82, 2.24) is 9.97 Å². The summed E-state index contributed by atoms with van der Waals surface area (Å²) in [6.45, 7) is 5.18. The van der Waals surface area contributed by atoms with Gasteiger partial charge in [-0.3, -0.25) is 10.1 Å². The van der Waals surface area contributed by atoms with Gasteiger partial charge in [-0.2, -0.15) is 0 Å². The smallest absolute Gasteiger partial charge is 0.413 e. The molecular formula is C28H25ClFN5O4. The van der Waals surface area contributed by atoms with E-state index in [1.165, 1.54) is 30.6 Å². The van der Waals surface area contributed by atoms with Crippen LogP contribution in [0.2, 0.25) is 5.02 Å². The van der Waals surface area contributed by atoms with Crippen molar-refractivity contribution in [3.8, 4) is 11.5 Å². The second-order valence-electron chi connectivity index (χ2n) is 9.22. The minimum atomic E-state index is -0.712. The predicted molar refractivity (Wildman–Crippen MR) is 147 cm³/mol. The van der Waals surface area contributed by atoms with Crippen LogP contribution in [0, 0.1) is 5.82 Å². The number of amides is 2. The number of aromatic nitrogens is 2. The van der Waals surface area contributed by atoms with Gasteiger partial charge in [0, 0.05) is 29.7 Å². The average Bonchev–Trinajstić information content (AvgIpc) is 2.87. The maximum Gasteiger partial charge on any atom is 0.413 e. The Morgan fingerprint density at radius 2 is 1.67 bits per heavy atom. The number of pyridine rings is 2. The number of halogens is 2. The van der Waals surface area contributed by atoms with E-state index in [9.17, 15) is 9.59 Å². The molecule has 0 atom stereocenters. The third-order valence-electron chi connectivity index (χ3n) is 4.95. The standard InChI is InChI=1S/C28H25ClFN5O4/c1-28(2,3)39-27(37)35-24-15-23(20(29)16-32-24)38-22-12-11-18(14-21(22)30)33-25-19(10-7-13-31-25)26(36)34-17-8-5-4-6-9-17/h4-16H,1-3H3,(H,31,33)(H,34,36)(H,32,35,37). The van der Waals surface area contributed by atoms with Crippen LogP contribution in [0.1, 0.15) is 31.1 Å². The molecule has 2 aromatic heterocycles. The number of nitrogens with one attached hydrogen (secondary N) is 3. The quantitative estimate of drug-likeness (QED) is 0.220. The Morgan fingerprint density at radius 3 is 2.38 bits per heavy atom. The summed E-state index contributed by atoms with van der Waals surface area (Å²) in [5.41, 5.74) is 0.538. The summed E-state index contributed by atoms with van der Waals surface area (Å²) in [4.78, 5) is 33.1. The van der Waals surface area contributed by atoms with Crippen molar-refractivity contribution >= 4 is 46.6 Å². The predicted octanol–water partition coefficient (Wildman–Crippen LogP) is 7.40. The third kappa shape index (κ3) is 7.65. The zero-order valence-electron chi connectivity index (χ0n) is 21.3. The lowest BCUT2D eigenvalue weighted by molar-refractivity contribution is 0.0635. The van der Waals surface area contributed by atoms with Crippen molar-refractivity contribution in [2.75, 3.05) is 16.0 Å². The largest absolute Gasteiger partial charge is 0.453 e. The molecule has 0 radical (unpaired) electrons. The van der Waals surface area contributed by atoms with Gasteiger partial charge in [0.1, 0.15) is 22.3 Å². The second-order valence-corrected chi connectivity index (χ2v) is 9.63. The maximum absolute atomic E-state index is 15.0. The van der Waals surface area contributed by atoms with E-state index in [-0.39, 0.29) is 39.6 Å². The molecule has 0 aliphatic heterocycles. The summed E-state index contributed by atoms with van der Waals surface area (Å²) >= 11 is 6.17. The van der Waals surface area contributed by atoms with Gasteiger partial charge in [0.2, 0.25) is 0 Å². The molecule has 0 unspecified atom stereocenters. The molecule has 4 rings (SSSR count). The van der Waals surface area contributed by atoms with Crippen molar-refractivity contribution < 1.29 is 23.5 Å². The number of nitrogens with zero attached hydrogens (tertiary/aromatic N) is 2. The Labute approximate surface area is 229 Å². The van der Waals surface area contributed by atoms with Crippen molar-refractivity contribution in [2.45, 2.75) is 26.4 Å². The number of anilines is 4. The molecule has 0 bridgehead atoms. The van der Waals surface area contributed by atoms with Gasteiger partial charge >= 0.3 is 6.09 Å². The molecule has 0 aliphatic carbocycles. The van der Waals surface area contributed by atoms with Crippen molar-refractivity contribution in [1.29, 1.82) is 0 Å².